The molecule has 0 unspecified atom stereocenters. The smallest absolute Gasteiger partial charge is 0.338 e. The van der Waals surface area contributed by atoms with Gasteiger partial charge >= 0.3 is 5.97 Å². The van der Waals surface area contributed by atoms with Gasteiger partial charge in [-0.05, 0) is 49.4 Å². The molecular formula is C24H21ClN4O6. The van der Waals surface area contributed by atoms with Crippen LogP contribution in [0, 0.1) is 11.8 Å². The molecule has 1 spiro atoms. The minimum Gasteiger partial charge on any atom is -0.462 e. The monoisotopic (exact) mass is 496 g/mol. The SMILES string of the molecule is CCOC(=O)c1ccc(N2C(=O)[C@H]3[C@@H](C2=O)[C@@]2(N[C@@H]3CC(N)=O)C(=O)Nc3ccc(Cl)cc32)cc1. The highest BCUT2D eigenvalue weighted by atomic mass is 35.5. The number of nitrogens with two attached hydrogens (primary N) is 1. The van der Waals surface area contributed by atoms with Crippen LogP contribution in [0.1, 0.15) is 29.3 Å². The maximum atomic E-state index is 13.8. The summed E-state index contributed by atoms with van der Waals surface area (Å²) in [6.45, 7) is 1.89. The van der Waals surface area contributed by atoms with Crippen LogP contribution >= 0.6 is 11.6 Å². The quantitative estimate of drug-likeness (QED) is 0.417. The Balaban J connectivity index is 1.59. The van der Waals surface area contributed by atoms with E-state index in [0.29, 0.717) is 16.3 Å². The summed E-state index contributed by atoms with van der Waals surface area (Å²) in [6.07, 6.45) is -0.249. The van der Waals surface area contributed by atoms with E-state index in [2.05, 4.69) is 10.6 Å². The molecule has 0 saturated carbocycles. The Morgan fingerprint density at radius 1 is 1.11 bits per heavy atom. The van der Waals surface area contributed by atoms with Gasteiger partial charge in [-0.3, -0.25) is 24.5 Å². The van der Waals surface area contributed by atoms with Crippen molar-refractivity contribution in [1.82, 2.24) is 5.32 Å². The molecule has 0 aromatic heterocycles. The highest BCUT2D eigenvalue weighted by molar-refractivity contribution is 6.31. The number of nitrogens with one attached hydrogen (secondary N) is 2. The van der Waals surface area contributed by atoms with Gasteiger partial charge in [0, 0.05) is 28.7 Å². The van der Waals surface area contributed by atoms with Gasteiger partial charge in [-0.25, -0.2) is 9.69 Å². The van der Waals surface area contributed by atoms with Gasteiger partial charge in [-0.15, -0.1) is 0 Å². The number of anilines is 2. The van der Waals surface area contributed by atoms with Gasteiger partial charge in [0.25, 0.3) is 0 Å². The number of nitrogens with zero attached hydrogens (tertiary/aromatic N) is 1. The molecule has 11 heteroatoms. The lowest BCUT2D eigenvalue weighted by Crippen LogP contribution is -2.53. The van der Waals surface area contributed by atoms with Gasteiger partial charge in [-0.2, -0.15) is 0 Å². The van der Waals surface area contributed by atoms with E-state index in [0.717, 1.165) is 4.90 Å². The summed E-state index contributed by atoms with van der Waals surface area (Å²) in [7, 11) is 0. The van der Waals surface area contributed by atoms with Crippen molar-refractivity contribution in [1.29, 1.82) is 0 Å². The van der Waals surface area contributed by atoms with Gasteiger partial charge in [0.1, 0.15) is 5.54 Å². The second-order valence-electron chi connectivity index (χ2n) is 8.66. The average molecular weight is 497 g/mol. The Morgan fingerprint density at radius 2 is 1.83 bits per heavy atom. The van der Waals surface area contributed by atoms with Crippen molar-refractivity contribution in [2.75, 3.05) is 16.8 Å². The van der Waals surface area contributed by atoms with Crippen LogP contribution in [0.2, 0.25) is 5.02 Å². The molecule has 4 N–H and O–H groups in total. The zero-order valence-corrected chi connectivity index (χ0v) is 19.3. The van der Waals surface area contributed by atoms with E-state index in [9.17, 15) is 24.0 Å². The molecule has 0 aliphatic carbocycles. The highest BCUT2D eigenvalue weighted by Gasteiger charge is 2.70. The lowest BCUT2D eigenvalue weighted by molar-refractivity contribution is -0.130. The van der Waals surface area contributed by atoms with Crippen LogP contribution in [-0.4, -0.2) is 42.2 Å². The molecule has 35 heavy (non-hydrogen) atoms. The van der Waals surface area contributed by atoms with Crippen molar-refractivity contribution in [2.45, 2.75) is 24.9 Å². The summed E-state index contributed by atoms with van der Waals surface area (Å²) in [5.41, 5.74) is 5.22. The normalized spacial score (nSPS) is 26.6. The fraction of sp³-hybridized carbons (Fsp3) is 0.292. The number of amides is 4. The first-order chi connectivity index (χ1) is 16.7. The molecule has 4 atom stereocenters. The second-order valence-corrected chi connectivity index (χ2v) is 9.09. The topological polar surface area (TPSA) is 148 Å². The standard InChI is InChI=1S/C24H21ClN4O6/c1-2-35-22(33)11-3-6-13(7-4-11)29-20(31)18-16(10-17(26)30)28-24(19(18)21(29)32)14-9-12(25)5-8-15(14)27-23(24)34/h3-9,16,18-19,28H,2,10H2,1H3,(H2,26,30)(H,27,34)/t16-,18-,19+,24-/m1/s1. The predicted octanol–water partition coefficient (Wildman–Crippen LogP) is 1.32. The number of ether oxygens (including phenoxy) is 1. The molecule has 4 amide bonds. The second kappa shape index (κ2) is 8.17. The zero-order chi connectivity index (χ0) is 25.1. The van der Waals surface area contributed by atoms with E-state index in [1.807, 2.05) is 0 Å². The first-order valence-corrected chi connectivity index (χ1v) is 11.4. The fourth-order valence-electron chi connectivity index (χ4n) is 5.38. The summed E-state index contributed by atoms with van der Waals surface area (Å²) in [5.74, 6) is -5.05. The van der Waals surface area contributed by atoms with Gasteiger partial charge in [0.05, 0.1) is 29.7 Å². The molecule has 5 rings (SSSR count). The number of hydrogen-bond acceptors (Lipinski definition) is 7. The van der Waals surface area contributed by atoms with Crippen LogP contribution in [0.15, 0.2) is 42.5 Å². The van der Waals surface area contributed by atoms with E-state index < -0.39 is 53.0 Å². The largest absolute Gasteiger partial charge is 0.462 e. The minimum atomic E-state index is -1.60. The van der Waals surface area contributed by atoms with Crippen LogP contribution in [0.3, 0.4) is 0 Å². The Hall–Kier alpha value is -3.76. The van der Waals surface area contributed by atoms with Crippen LogP contribution in [0.25, 0.3) is 0 Å². The maximum Gasteiger partial charge on any atom is 0.338 e. The Kier molecular flexibility index (Phi) is 5.37. The van der Waals surface area contributed by atoms with Crippen LogP contribution in [-0.2, 0) is 29.5 Å². The third kappa shape index (κ3) is 3.32. The lowest BCUT2D eigenvalue weighted by atomic mass is 9.76. The molecule has 3 aliphatic rings. The van der Waals surface area contributed by atoms with Crippen molar-refractivity contribution in [3.8, 4) is 0 Å². The number of fused-ring (bicyclic) bond motifs is 4. The summed E-state index contributed by atoms with van der Waals surface area (Å²) in [6, 6.07) is 9.77. The first kappa shape index (κ1) is 23.0. The molecule has 2 aromatic carbocycles. The zero-order valence-electron chi connectivity index (χ0n) is 18.5. The molecular weight excluding hydrogens is 476 g/mol. The lowest BCUT2D eigenvalue weighted by Gasteiger charge is -2.29. The van der Waals surface area contributed by atoms with Gasteiger partial charge < -0.3 is 15.8 Å². The number of esters is 1. The molecule has 2 fully saturated rings. The Labute approximate surface area is 204 Å². The third-order valence-corrected chi connectivity index (χ3v) is 6.97. The maximum absolute atomic E-state index is 13.8. The van der Waals surface area contributed by atoms with E-state index in [-0.39, 0.29) is 24.3 Å². The van der Waals surface area contributed by atoms with Crippen molar-refractivity contribution in [2.24, 2.45) is 17.6 Å². The number of primary amides is 1. The van der Waals surface area contributed by atoms with E-state index in [1.165, 1.54) is 24.3 Å². The molecule has 0 bridgehead atoms. The number of hydrogen-bond donors (Lipinski definition) is 3. The first-order valence-electron chi connectivity index (χ1n) is 11.0. The van der Waals surface area contributed by atoms with Gasteiger partial charge in [0.2, 0.25) is 23.6 Å². The number of rotatable bonds is 5. The molecule has 3 aliphatic heterocycles. The highest BCUT2D eigenvalue weighted by Crippen LogP contribution is 2.54. The van der Waals surface area contributed by atoms with Crippen molar-refractivity contribution in [3.05, 3.63) is 58.6 Å². The summed E-state index contributed by atoms with van der Waals surface area (Å²) in [5, 5.41) is 6.21. The average Bonchev–Trinajstić information content (AvgIpc) is 3.38. The molecule has 0 radical (unpaired) electrons. The Morgan fingerprint density at radius 3 is 2.49 bits per heavy atom. The predicted molar refractivity (Wildman–Crippen MR) is 124 cm³/mol. The number of imide groups is 1. The number of benzene rings is 2. The number of halogens is 1. The van der Waals surface area contributed by atoms with Crippen molar-refractivity contribution >= 4 is 52.6 Å². The summed E-state index contributed by atoms with van der Waals surface area (Å²) >= 11 is 6.21. The fourth-order valence-corrected chi connectivity index (χ4v) is 5.55. The molecule has 2 aromatic rings. The molecule has 3 heterocycles. The third-order valence-electron chi connectivity index (χ3n) is 6.73. The van der Waals surface area contributed by atoms with Crippen LogP contribution < -0.4 is 21.3 Å². The molecule has 2 saturated heterocycles. The van der Waals surface area contributed by atoms with Crippen molar-refractivity contribution in [3.63, 3.8) is 0 Å². The number of carbonyl (C=O) groups excluding carboxylic acids is 5. The van der Waals surface area contributed by atoms with Crippen LogP contribution in [0.4, 0.5) is 11.4 Å². The number of carbonyl (C=O) groups is 5. The van der Waals surface area contributed by atoms with E-state index in [4.69, 9.17) is 22.1 Å². The Bertz CT molecular complexity index is 1300. The minimum absolute atomic E-state index is 0.205. The van der Waals surface area contributed by atoms with Gasteiger partial charge in [0.15, 0.2) is 0 Å². The van der Waals surface area contributed by atoms with Gasteiger partial charge in [-0.1, -0.05) is 11.6 Å². The summed E-state index contributed by atoms with van der Waals surface area (Å²) in [4.78, 5) is 65.6. The summed E-state index contributed by atoms with van der Waals surface area (Å²) < 4.78 is 4.97. The molecule has 10 nitrogen and oxygen atoms in total. The van der Waals surface area contributed by atoms with Crippen LogP contribution in [0.5, 0.6) is 0 Å². The van der Waals surface area contributed by atoms with E-state index in [1.54, 1.807) is 25.1 Å². The molecule has 180 valence electrons. The van der Waals surface area contributed by atoms with E-state index >= 15 is 0 Å². The van der Waals surface area contributed by atoms with Crippen molar-refractivity contribution < 1.29 is 28.7 Å².